The number of carbonyl (C=O) groups is 1. The summed E-state index contributed by atoms with van der Waals surface area (Å²) in [6.07, 6.45) is 0. The largest absolute Gasteiger partial charge is 0.464 e. The molecule has 0 amide bonds. The van der Waals surface area contributed by atoms with E-state index in [9.17, 15) is 4.79 Å². The van der Waals surface area contributed by atoms with Crippen molar-refractivity contribution in [3.8, 4) is 0 Å². The lowest BCUT2D eigenvalue weighted by Crippen LogP contribution is -2.01. The quantitative estimate of drug-likeness (QED) is 0.850. The number of esters is 1. The van der Waals surface area contributed by atoms with E-state index in [0.29, 0.717) is 10.2 Å². The van der Waals surface area contributed by atoms with E-state index in [4.69, 9.17) is 11.6 Å². The Kier molecular flexibility index (Phi) is 4.21. The van der Waals surface area contributed by atoms with Crippen LogP contribution in [0.1, 0.15) is 10.5 Å². The molecule has 94 valence electrons. The molecule has 7 heteroatoms. The van der Waals surface area contributed by atoms with Crippen molar-refractivity contribution in [2.45, 2.75) is 0 Å². The van der Waals surface area contributed by atoms with Gasteiger partial charge < -0.3 is 10.1 Å². The summed E-state index contributed by atoms with van der Waals surface area (Å²) in [6, 6.07) is 5.38. The summed E-state index contributed by atoms with van der Waals surface area (Å²) in [5.74, 6) is -0.454. The second-order valence-corrected chi connectivity index (χ2v) is 5.43. The van der Waals surface area contributed by atoms with Crippen LogP contribution in [0.4, 0.5) is 10.8 Å². The Morgan fingerprint density at radius 1 is 1.56 bits per heavy atom. The molecule has 4 nitrogen and oxygen atoms in total. The molecule has 0 unspecified atom stereocenters. The molecule has 0 radical (unpaired) electrons. The van der Waals surface area contributed by atoms with E-state index in [1.807, 2.05) is 6.07 Å². The Morgan fingerprint density at radius 2 is 2.33 bits per heavy atom. The number of nitrogens with zero attached hydrogens (tertiary/aromatic N) is 1. The number of anilines is 2. The Labute approximate surface area is 121 Å². The summed E-state index contributed by atoms with van der Waals surface area (Å²) in [5, 5.41) is 5.92. The van der Waals surface area contributed by atoms with Gasteiger partial charge in [0.2, 0.25) is 0 Å². The molecule has 0 aliphatic rings. The van der Waals surface area contributed by atoms with Gasteiger partial charge in [0.05, 0.1) is 12.8 Å². The van der Waals surface area contributed by atoms with Gasteiger partial charge in [-0.2, -0.15) is 0 Å². The highest BCUT2D eigenvalue weighted by Crippen LogP contribution is 2.30. The van der Waals surface area contributed by atoms with Crippen LogP contribution in [0.3, 0.4) is 0 Å². The van der Waals surface area contributed by atoms with E-state index in [0.717, 1.165) is 10.2 Å². The van der Waals surface area contributed by atoms with Crippen LogP contribution in [0, 0.1) is 0 Å². The Balaban J connectivity index is 2.21. The second kappa shape index (κ2) is 5.69. The van der Waals surface area contributed by atoms with E-state index < -0.39 is 5.97 Å². The van der Waals surface area contributed by atoms with E-state index in [1.54, 1.807) is 17.5 Å². The molecule has 1 aromatic carbocycles. The van der Waals surface area contributed by atoms with Crippen LogP contribution in [0.2, 0.25) is 5.02 Å². The van der Waals surface area contributed by atoms with Gasteiger partial charge in [0.1, 0.15) is 0 Å². The minimum absolute atomic E-state index is 0.281. The van der Waals surface area contributed by atoms with Crippen LogP contribution in [0.25, 0.3) is 0 Å². The first kappa shape index (κ1) is 13.3. The molecule has 1 aromatic heterocycles. The number of halogens is 2. The molecular weight excluding hydrogens is 340 g/mol. The van der Waals surface area contributed by atoms with Gasteiger partial charge in [-0.3, -0.25) is 0 Å². The first-order chi connectivity index (χ1) is 8.60. The number of hydrogen-bond donors (Lipinski definition) is 1. The number of thiazole rings is 1. The SMILES string of the molecule is COC(=O)c1csc(Nc2cc(Cl)ccc2Br)n1. The summed E-state index contributed by atoms with van der Waals surface area (Å²) in [7, 11) is 1.32. The van der Waals surface area contributed by atoms with Crippen molar-refractivity contribution in [3.63, 3.8) is 0 Å². The highest BCUT2D eigenvalue weighted by Gasteiger charge is 2.11. The fourth-order valence-electron chi connectivity index (χ4n) is 1.24. The van der Waals surface area contributed by atoms with Crippen molar-refractivity contribution in [3.05, 3.63) is 38.8 Å². The maximum Gasteiger partial charge on any atom is 0.357 e. The number of benzene rings is 1. The predicted octanol–water partition coefficient (Wildman–Crippen LogP) is 4.09. The number of aromatic nitrogens is 1. The monoisotopic (exact) mass is 346 g/mol. The van der Waals surface area contributed by atoms with Crippen molar-refractivity contribution in [1.29, 1.82) is 0 Å². The number of nitrogens with one attached hydrogen (secondary N) is 1. The molecule has 2 rings (SSSR count). The van der Waals surface area contributed by atoms with E-state index in [2.05, 4.69) is 31.0 Å². The molecule has 0 bridgehead atoms. The van der Waals surface area contributed by atoms with Crippen molar-refractivity contribution >= 4 is 55.7 Å². The maximum absolute atomic E-state index is 11.3. The zero-order chi connectivity index (χ0) is 13.1. The fraction of sp³-hybridized carbons (Fsp3) is 0.0909. The number of hydrogen-bond acceptors (Lipinski definition) is 5. The summed E-state index contributed by atoms with van der Waals surface area (Å²) in [4.78, 5) is 15.4. The molecule has 0 aliphatic carbocycles. The summed E-state index contributed by atoms with van der Waals surface area (Å²) in [5.41, 5.74) is 1.07. The number of carbonyl (C=O) groups excluding carboxylic acids is 1. The number of rotatable bonds is 3. The van der Waals surface area contributed by atoms with Gasteiger partial charge in [-0.25, -0.2) is 9.78 Å². The van der Waals surface area contributed by atoms with Gasteiger partial charge in [0.15, 0.2) is 10.8 Å². The Bertz CT molecular complexity index is 588. The molecular formula is C11H8BrClN2O2S. The van der Waals surface area contributed by atoms with Crippen LogP contribution in [-0.4, -0.2) is 18.1 Å². The molecule has 0 aliphatic heterocycles. The van der Waals surface area contributed by atoms with E-state index in [-0.39, 0.29) is 5.69 Å². The molecule has 0 atom stereocenters. The third kappa shape index (κ3) is 3.01. The van der Waals surface area contributed by atoms with Gasteiger partial charge >= 0.3 is 5.97 Å². The summed E-state index contributed by atoms with van der Waals surface area (Å²) >= 11 is 10.6. The van der Waals surface area contributed by atoms with E-state index in [1.165, 1.54) is 18.4 Å². The maximum atomic E-state index is 11.3. The number of methoxy groups -OCH3 is 1. The smallest absolute Gasteiger partial charge is 0.357 e. The van der Waals surface area contributed by atoms with Gasteiger partial charge in [-0.15, -0.1) is 11.3 Å². The number of ether oxygens (including phenoxy) is 1. The summed E-state index contributed by atoms with van der Waals surface area (Å²) in [6.45, 7) is 0. The topological polar surface area (TPSA) is 51.2 Å². The highest BCUT2D eigenvalue weighted by atomic mass is 79.9. The zero-order valence-electron chi connectivity index (χ0n) is 9.24. The predicted molar refractivity (Wildman–Crippen MR) is 75.9 cm³/mol. The van der Waals surface area contributed by atoms with Crippen LogP contribution in [0.15, 0.2) is 28.1 Å². The van der Waals surface area contributed by atoms with Crippen LogP contribution >= 0.6 is 38.9 Å². The molecule has 0 saturated heterocycles. The minimum atomic E-state index is -0.454. The molecule has 1 heterocycles. The first-order valence-corrected chi connectivity index (χ1v) is 6.91. The molecule has 0 spiro atoms. The van der Waals surface area contributed by atoms with Gasteiger partial charge in [0.25, 0.3) is 0 Å². The molecule has 2 aromatic rings. The highest BCUT2D eigenvalue weighted by molar-refractivity contribution is 9.10. The van der Waals surface area contributed by atoms with Crippen molar-refractivity contribution in [2.24, 2.45) is 0 Å². The van der Waals surface area contributed by atoms with Gasteiger partial charge in [0, 0.05) is 14.9 Å². The van der Waals surface area contributed by atoms with Crippen molar-refractivity contribution in [2.75, 3.05) is 12.4 Å². The third-order valence-corrected chi connectivity index (χ3v) is 3.75. The second-order valence-electron chi connectivity index (χ2n) is 3.28. The lowest BCUT2D eigenvalue weighted by Gasteiger charge is -2.05. The van der Waals surface area contributed by atoms with E-state index >= 15 is 0 Å². The molecule has 0 saturated carbocycles. The molecule has 0 fully saturated rings. The van der Waals surface area contributed by atoms with Crippen LogP contribution in [-0.2, 0) is 4.74 Å². The Hall–Kier alpha value is -1.11. The van der Waals surface area contributed by atoms with Crippen LogP contribution < -0.4 is 5.32 Å². The zero-order valence-corrected chi connectivity index (χ0v) is 12.4. The van der Waals surface area contributed by atoms with Crippen LogP contribution in [0.5, 0.6) is 0 Å². The summed E-state index contributed by atoms with van der Waals surface area (Å²) < 4.78 is 5.45. The lowest BCUT2D eigenvalue weighted by atomic mass is 10.3. The van der Waals surface area contributed by atoms with Gasteiger partial charge in [-0.05, 0) is 34.1 Å². The Morgan fingerprint density at radius 3 is 3.06 bits per heavy atom. The first-order valence-electron chi connectivity index (χ1n) is 4.86. The normalized spacial score (nSPS) is 10.2. The van der Waals surface area contributed by atoms with Crippen molar-refractivity contribution in [1.82, 2.24) is 4.98 Å². The third-order valence-electron chi connectivity index (χ3n) is 2.07. The van der Waals surface area contributed by atoms with Crippen molar-refractivity contribution < 1.29 is 9.53 Å². The lowest BCUT2D eigenvalue weighted by molar-refractivity contribution is 0.0595. The standard InChI is InChI=1S/C11H8BrClN2O2S/c1-17-10(16)9-5-18-11(15-9)14-8-4-6(13)2-3-7(8)12/h2-5H,1H3,(H,14,15). The minimum Gasteiger partial charge on any atom is -0.464 e. The fourth-order valence-corrected chi connectivity index (χ4v) is 2.45. The molecule has 18 heavy (non-hydrogen) atoms. The molecule has 1 N–H and O–H groups in total. The van der Waals surface area contributed by atoms with Gasteiger partial charge in [-0.1, -0.05) is 11.6 Å². The average Bonchev–Trinajstić information content (AvgIpc) is 2.81. The average molecular weight is 348 g/mol.